The summed E-state index contributed by atoms with van der Waals surface area (Å²) in [5.74, 6) is -0.0675. The predicted molar refractivity (Wildman–Crippen MR) is 41.7 cm³/mol. The largest absolute Gasteiger partial charge is 0.411 e. The molecule has 1 N–H and O–H groups in total. The van der Waals surface area contributed by atoms with Gasteiger partial charge in [-0.15, -0.1) is 0 Å². The van der Waals surface area contributed by atoms with Crippen molar-refractivity contribution in [2.24, 2.45) is 5.16 Å². The van der Waals surface area contributed by atoms with E-state index in [9.17, 15) is 4.79 Å². The third kappa shape index (κ3) is 1.55. The van der Waals surface area contributed by atoms with E-state index in [4.69, 9.17) is 5.21 Å². The van der Waals surface area contributed by atoms with Gasteiger partial charge in [0.25, 0.3) is 0 Å². The zero-order valence-electron chi connectivity index (χ0n) is 6.24. The van der Waals surface area contributed by atoms with Crippen LogP contribution in [0.2, 0.25) is 0 Å². The van der Waals surface area contributed by atoms with Crippen LogP contribution >= 0.6 is 0 Å². The highest BCUT2D eigenvalue weighted by Crippen LogP contribution is 2.09. The monoisotopic (exact) mass is 151 g/mol. The van der Waals surface area contributed by atoms with Crippen LogP contribution in [0.3, 0.4) is 0 Å². The van der Waals surface area contributed by atoms with Gasteiger partial charge in [0.1, 0.15) is 0 Å². The third-order valence-corrected chi connectivity index (χ3v) is 1.52. The van der Waals surface area contributed by atoms with Crippen LogP contribution < -0.4 is 0 Å². The Balaban J connectivity index is 2.97. The van der Waals surface area contributed by atoms with Crippen molar-refractivity contribution in [1.29, 1.82) is 0 Å². The Morgan fingerprint density at radius 1 is 1.73 bits per heavy atom. The van der Waals surface area contributed by atoms with Crippen LogP contribution in [-0.4, -0.2) is 16.7 Å². The molecule has 0 heterocycles. The molecule has 58 valence electrons. The third-order valence-electron chi connectivity index (χ3n) is 1.52. The summed E-state index contributed by atoms with van der Waals surface area (Å²) in [6.07, 6.45) is 5.80. The van der Waals surface area contributed by atoms with Gasteiger partial charge in [-0.2, -0.15) is 0 Å². The van der Waals surface area contributed by atoms with Gasteiger partial charge in [-0.25, -0.2) is 0 Å². The fourth-order valence-corrected chi connectivity index (χ4v) is 0.965. The molecular formula is C8H9NO2. The van der Waals surface area contributed by atoms with Crippen molar-refractivity contribution in [2.45, 2.75) is 13.3 Å². The SMILES string of the molecule is CC(=O)C1=CC=CC/C1=N/O. The molecule has 1 aliphatic carbocycles. The minimum absolute atomic E-state index is 0.0675. The number of oxime groups is 1. The van der Waals surface area contributed by atoms with Crippen LogP contribution in [0.5, 0.6) is 0 Å². The predicted octanol–water partition coefficient (Wildman–Crippen LogP) is 1.29. The summed E-state index contributed by atoms with van der Waals surface area (Å²) in [6.45, 7) is 1.45. The van der Waals surface area contributed by atoms with Crippen LogP contribution in [-0.2, 0) is 4.79 Å². The molecule has 11 heavy (non-hydrogen) atoms. The molecule has 0 aromatic carbocycles. The minimum atomic E-state index is -0.0675. The van der Waals surface area contributed by atoms with Gasteiger partial charge in [-0.1, -0.05) is 17.3 Å². The quantitative estimate of drug-likeness (QED) is 0.453. The van der Waals surface area contributed by atoms with Crippen LogP contribution in [0, 0.1) is 0 Å². The second-order valence-electron chi connectivity index (χ2n) is 2.32. The average molecular weight is 151 g/mol. The number of ketones is 1. The maximum Gasteiger partial charge on any atom is 0.161 e. The van der Waals surface area contributed by atoms with Crippen molar-refractivity contribution in [3.63, 3.8) is 0 Å². The van der Waals surface area contributed by atoms with E-state index in [1.165, 1.54) is 6.92 Å². The van der Waals surface area contributed by atoms with Crippen LogP contribution in [0.1, 0.15) is 13.3 Å². The molecule has 0 fully saturated rings. The van der Waals surface area contributed by atoms with Crippen molar-refractivity contribution < 1.29 is 10.0 Å². The van der Waals surface area contributed by atoms with Crippen molar-refractivity contribution in [1.82, 2.24) is 0 Å². The smallest absolute Gasteiger partial charge is 0.161 e. The first-order chi connectivity index (χ1) is 5.25. The fraction of sp³-hybridized carbons (Fsp3) is 0.250. The van der Waals surface area contributed by atoms with E-state index in [1.54, 1.807) is 12.2 Å². The maximum atomic E-state index is 10.9. The fourth-order valence-electron chi connectivity index (χ4n) is 0.965. The zero-order chi connectivity index (χ0) is 8.27. The van der Waals surface area contributed by atoms with Gasteiger partial charge >= 0.3 is 0 Å². The van der Waals surface area contributed by atoms with Crippen molar-refractivity contribution in [2.75, 3.05) is 0 Å². The van der Waals surface area contributed by atoms with E-state index in [-0.39, 0.29) is 5.78 Å². The van der Waals surface area contributed by atoms with E-state index in [0.29, 0.717) is 17.7 Å². The number of Topliss-reactive ketones (excluding diaryl/α,β-unsaturated/α-hetero) is 1. The number of carbonyl (C=O) groups excluding carboxylic acids is 1. The summed E-state index contributed by atoms with van der Waals surface area (Å²) in [7, 11) is 0. The maximum absolute atomic E-state index is 10.9. The summed E-state index contributed by atoms with van der Waals surface area (Å²) in [4.78, 5) is 10.9. The second-order valence-corrected chi connectivity index (χ2v) is 2.32. The molecule has 0 atom stereocenters. The first-order valence-electron chi connectivity index (χ1n) is 3.34. The lowest BCUT2D eigenvalue weighted by Crippen LogP contribution is -2.11. The standard InChI is InChI=1S/C8H9NO2/c1-6(10)7-4-2-3-5-8(7)9-11/h2-4,11H,5H2,1H3/b9-8-. The molecule has 3 heteroatoms. The Morgan fingerprint density at radius 2 is 2.45 bits per heavy atom. The molecule has 3 nitrogen and oxygen atoms in total. The van der Waals surface area contributed by atoms with Crippen LogP contribution in [0.4, 0.5) is 0 Å². The first kappa shape index (κ1) is 7.72. The molecule has 1 rings (SSSR count). The molecule has 0 aromatic heterocycles. The Hall–Kier alpha value is -1.38. The molecule has 0 saturated heterocycles. The lowest BCUT2D eigenvalue weighted by atomic mass is 10.00. The number of rotatable bonds is 1. The van der Waals surface area contributed by atoms with Crippen molar-refractivity contribution in [3.05, 3.63) is 23.8 Å². The number of hydrogen-bond acceptors (Lipinski definition) is 3. The highest BCUT2D eigenvalue weighted by atomic mass is 16.4. The van der Waals surface area contributed by atoms with E-state index >= 15 is 0 Å². The van der Waals surface area contributed by atoms with Gasteiger partial charge in [-0.05, 0) is 13.0 Å². The molecule has 1 aliphatic rings. The molecule has 0 bridgehead atoms. The zero-order valence-corrected chi connectivity index (χ0v) is 6.24. The van der Waals surface area contributed by atoms with Crippen LogP contribution in [0.25, 0.3) is 0 Å². The minimum Gasteiger partial charge on any atom is -0.411 e. The Bertz CT molecular complexity index is 261. The number of hydrogen-bond donors (Lipinski definition) is 1. The summed E-state index contributed by atoms with van der Waals surface area (Å²) >= 11 is 0. The highest BCUT2D eigenvalue weighted by Gasteiger charge is 2.12. The summed E-state index contributed by atoms with van der Waals surface area (Å²) in [6, 6.07) is 0. The Morgan fingerprint density at radius 3 is 2.91 bits per heavy atom. The van der Waals surface area contributed by atoms with Gasteiger partial charge in [0.15, 0.2) is 5.78 Å². The molecule has 0 amide bonds. The van der Waals surface area contributed by atoms with E-state index in [0.717, 1.165) is 0 Å². The molecule has 0 radical (unpaired) electrons. The number of allylic oxidation sites excluding steroid dienone is 4. The summed E-state index contributed by atoms with van der Waals surface area (Å²) < 4.78 is 0. The van der Waals surface area contributed by atoms with Gasteiger partial charge in [0.05, 0.1) is 5.71 Å². The summed E-state index contributed by atoms with van der Waals surface area (Å²) in [5.41, 5.74) is 0.940. The van der Waals surface area contributed by atoms with Crippen LogP contribution in [0.15, 0.2) is 29.0 Å². The van der Waals surface area contributed by atoms with Crippen molar-refractivity contribution >= 4 is 11.5 Å². The molecule has 0 unspecified atom stereocenters. The molecule has 0 spiro atoms. The number of nitrogens with zero attached hydrogens (tertiary/aromatic N) is 1. The molecular weight excluding hydrogens is 142 g/mol. The summed E-state index contributed by atoms with van der Waals surface area (Å²) in [5, 5.41) is 11.5. The molecule has 0 aromatic rings. The van der Waals surface area contributed by atoms with Gasteiger partial charge in [0, 0.05) is 12.0 Å². The average Bonchev–Trinajstić information content (AvgIpc) is 2.04. The Labute approximate surface area is 64.7 Å². The topological polar surface area (TPSA) is 49.7 Å². The van der Waals surface area contributed by atoms with E-state index in [1.807, 2.05) is 6.08 Å². The lowest BCUT2D eigenvalue weighted by molar-refractivity contribution is -0.113. The first-order valence-corrected chi connectivity index (χ1v) is 3.34. The lowest BCUT2D eigenvalue weighted by Gasteiger charge is -2.05. The van der Waals surface area contributed by atoms with Crippen molar-refractivity contribution in [3.8, 4) is 0 Å². The normalized spacial score (nSPS) is 20.1. The van der Waals surface area contributed by atoms with Gasteiger partial charge in [-0.3, -0.25) is 4.79 Å². The second kappa shape index (κ2) is 3.14. The number of carbonyl (C=O) groups is 1. The van der Waals surface area contributed by atoms with Gasteiger partial charge < -0.3 is 5.21 Å². The molecule has 0 saturated carbocycles. The molecule has 0 aliphatic heterocycles. The van der Waals surface area contributed by atoms with E-state index in [2.05, 4.69) is 5.16 Å². The van der Waals surface area contributed by atoms with E-state index < -0.39 is 0 Å². The Kier molecular flexibility index (Phi) is 2.21. The highest BCUT2D eigenvalue weighted by molar-refractivity contribution is 6.22. The van der Waals surface area contributed by atoms with Gasteiger partial charge in [0.2, 0.25) is 0 Å².